The van der Waals surface area contributed by atoms with Gasteiger partial charge in [-0.3, -0.25) is 4.79 Å². The average molecular weight is 281 g/mol. The maximum absolute atomic E-state index is 12.0. The number of hydrogen-bond donors (Lipinski definition) is 2. The molecule has 0 unspecified atom stereocenters. The van der Waals surface area contributed by atoms with Crippen molar-refractivity contribution in [3.63, 3.8) is 0 Å². The van der Waals surface area contributed by atoms with Gasteiger partial charge >= 0.3 is 0 Å². The number of nitrogens with zero attached hydrogens (tertiary/aromatic N) is 3. The zero-order chi connectivity index (χ0) is 15.4. The lowest BCUT2D eigenvalue weighted by Crippen LogP contribution is -2.12. The Hall–Kier alpha value is -3.32. The second-order valence-corrected chi connectivity index (χ2v) is 4.00. The number of pyridine rings is 2. The molecular weight excluding hydrogens is 270 g/mol. The zero-order valence-electron chi connectivity index (χ0n) is 11.2. The van der Waals surface area contributed by atoms with Crippen LogP contribution in [0.3, 0.4) is 0 Å². The summed E-state index contributed by atoms with van der Waals surface area (Å²) < 4.78 is 5.27. The number of nitrogens with one attached hydrogen (secondary N) is 1. The van der Waals surface area contributed by atoms with Crippen molar-refractivity contribution in [2.45, 2.75) is 6.92 Å². The third-order valence-electron chi connectivity index (χ3n) is 2.78. The highest BCUT2D eigenvalue weighted by atomic mass is 16.5. The summed E-state index contributed by atoms with van der Waals surface area (Å²) in [6.45, 7) is 2.00. The van der Waals surface area contributed by atoms with Crippen molar-refractivity contribution in [3.8, 4) is 29.1 Å². The van der Waals surface area contributed by atoms with Gasteiger partial charge in [0, 0.05) is 17.3 Å². The number of aromatic amines is 1. The number of nitrogens with two attached hydrogens (primary N) is 1. The average Bonchev–Trinajstić information content (AvgIpc) is 2.47. The second-order valence-electron chi connectivity index (χ2n) is 4.00. The van der Waals surface area contributed by atoms with E-state index in [1.807, 2.05) is 12.1 Å². The molecule has 0 aliphatic heterocycles. The Morgan fingerprint density at radius 3 is 2.67 bits per heavy atom. The van der Waals surface area contributed by atoms with Gasteiger partial charge in [0.05, 0.1) is 6.61 Å². The number of H-pyrrole nitrogens is 1. The Morgan fingerprint density at radius 2 is 2.10 bits per heavy atom. The summed E-state index contributed by atoms with van der Waals surface area (Å²) in [6.07, 6.45) is 1.46. The van der Waals surface area contributed by atoms with Crippen molar-refractivity contribution in [2.75, 3.05) is 12.3 Å². The van der Waals surface area contributed by atoms with E-state index in [2.05, 4.69) is 9.97 Å². The first-order valence-electron chi connectivity index (χ1n) is 6.08. The zero-order valence-corrected chi connectivity index (χ0v) is 11.2. The van der Waals surface area contributed by atoms with Crippen LogP contribution in [0.5, 0.6) is 5.88 Å². The molecular formula is C14H11N5O2. The molecule has 21 heavy (non-hydrogen) atoms. The van der Waals surface area contributed by atoms with Crippen LogP contribution in [-0.2, 0) is 0 Å². The van der Waals surface area contributed by atoms with E-state index in [-0.39, 0.29) is 40.6 Å². The lowest BCUT2D eigenvalue weighted by atomic mass is 9.97. The van der Waals surface area contributed by atoms with Crippen LogP contribution in [0, 0.1) is 22.7 Å². The maximum atomic E-state index is 12.0. The summed E-state index contributed by atoms with van der Waals surface area (Å²) in [5.74, 6) is -0.0760. The molecule has 0 amide bonds. The van der Waals surface area contributed by atoms with Crippen LogP contribution in [0.15, 0.2) is 23.1 Å². The first-order chi connectivity index (χ1) is 10.1. The number of rotatable bonds is 3. The molecule has 0 bridgehead atoms. The van der Waals surface area contributed by atoms with E-state index < -0.39 is 5.56 Å². The molecule has 0 aliphatic carbocycles. The molecule has 0 atom stereocenters. The molecule has 0 aliphatic rings. The Balaban J connectivity index is 2.92. The highest BCUT2D eigenvalue weighted by molar-refractivity contribution is 5.81. The maximum Gasteiger partial charge on any atom is 0.255 e. The number of nitrogen functional groups attached to an aromatic ring is 1. The molecule has 2 heterocycles. The van der Waals surface area contributed by atoms with E-state index in [4.69, 9.17) is 10.5 Å². The molecule has 0 saturated carbocycles. The Labute approximate surface area is 120 Å². The van der Waals surface area contributed by atoms with Crippen LogP contribution in [0.25, 0.3) is 11.1 Å². The van der Waals surface area contributed by atoms with Crippen molar-refractivity contribution in [3.05, 3.63) is 39.8 Å². The molecule has 0 aromatic carbocycles. The fourth-order valence-electron chi connectivity index (χ4n) is 1.93. The molecule has 104 valence electrons. The molecule has 3 N–H and O–H groups in total. The molecule has 0 fully saturated rings. The van der Waals surface area contributed by atoms with E-state index in [1.165, 1.54) is 12.3 Å². The fourth-order valence-corrected chi connectivity index (χ4v) is 1.93. The summed E-state index contributed by atoms with van der Waals surface area (Å²) in [7, 11) is 0. The third-order valence-corrected chi connectivity index (χ3v) is 2.78. The summed E-state index contributed by atoms with van der Waals surface area (Å²) >= 11 is 0. The van der Waals surface area contributed by atoms with Gasteiger partial charge in [-0.1, -0.05) is 0 Å². The predicted molar refractivity (Wildman–Crippen MR) is 75.3 cm³/mol. The predicted octanol–water partition coefficient (Wildman–Crippen LogP) is 1.16. The minimum atomic E-state index is -0.432. The van der Waals surface area contributed by atoms with E-state index in [1.54, 1.807) is 13.0 Å². The minimum Gasteiger partial charge on any atom is -0.477 e. The molecule has 2 rings (SSSR count). The van der Waals surface area contributed by atoms with Gasteiger partial charge in [0.15, 0.2) is 0 Å². The van der Waals surface area contributed by atoms with Crippen molar-refractivity contribution >= 4 is 5.82 Å². The van der Waals surface area contributed by atoms with Gasteiger partial charge in [0.25, 0.3) is 5.56 Å². The van der Waals surface area contributed by atoms with Crippen molar-refractivity contribution in [1.82, 2.24) is 9.97 Å². The van der Waals surface area contributed by atoms with E-state index in [0.717, 1.165) is 0 Å². The largest absolute Gasteiger partial charge is 0.477 e. The Morgan fingerprint density at radius 1 is 1.38 bits per heavy atom. The molecule has 0 saturated heterocycles. The lowest BCUT2D eigenvalue weighted by Gasteiger charge is -2.12. The summed E-state index contributed by atoms with van der Waals surface area (Å²) in [6, 6.07) is 6.91. The number of nitriles is 2. The van der Waals surface area contributed by atoms with Crippen LogP contribution in [0.1, 0.15) is 18.1 Å². The van der Waals surface area contributed by atoms with Crippen LogP contribution in [0.2, 0.25) is 0 Å². The summed E-state index contributed by atoms with van der Waals surface area (Å²) in [5.41, 5.74) is 5.60. The number of hydrogen-bond acceptors (Lipinski definition) is 6. The Kier molecular flexibility index (Phi) is 3.87. The van der Waals surface area contributed by atoms with Gasteiger partial charge < -0.3 is 15.5 Å². The topological polar surface area (TPSA) is 129 Å². The van der Waals surface area contributed by atoms with Crippen LogP contribution < -0.4 is 16.0 Å². The highest BCUT2D eigenvalue weighted by Gasteiger charge is 2.22. The van der Waals surface area contributed by atoms with Gasteiger partial charge in [-0.2, -0.15) is 15.5 Å². The lowest BCUT2D eigenvalue weighted by molar-refractivity contribution is 0.326. The van der Waals surface area contributed by atoms with Crippen molar-refractivity contribution < 1.29 is 4.74 Å². The first-order valence-corrected chi connectivity index (χ1v) is 6.08. The second kappa shape index (κ2) is 5.76. The third kappa shape index (κ3) is 2.40. The summed E-state index contributed by atoms with van der Waals surface area (Å²) in [5, 5.41) is 18.6. The van der Waals surface area contributed by atoms with Gasteiger partial charge in [-0.25, -0.2) is 0 Å². The minimum absolute atomic E-state index is 0.00903. The molecule has 2 aromatic rings. The Bertz CT molecular complexity index is 827. The monoisotopic (exact) mass is 281 g/mol. The van der Waals surface area contributed by atoms with Crippen LogP contribution in [-0.4, -0.2) is 16.6 Å². The van der Waals surface area contributed by atoms with Crippen molar-refractivity contribution in [2.24, 2.45) is 0 Å². The SMILES string of the molecule is CCOc1nc(N)c(C#N)c(-c2ccc[nH]c2=O)c1C#N. The van der Waals surface area contributed by atoms with E-state index in [9.17, 15) is 15.3 Å². The smallest absolute Gasteiger partial charge is 0.255 e. The molecule has 7 nitrogen and oxygen atoms in total. The standard InChI is InChI=1S/C14H11N5O2/c1-2-21-14-10(7-16)11(9(6-15)12(17)19-14)8-4-3-5-18-13(8)20/h3-5H,2H2,1H3,(H2,17,19)(H,18,20). The fraction of sp³-hybridized carbons (Fsp3) is 0.143. The molecule has 0 spiro atoms. The molecule has 7 heteroatoms. The van der Waals surface area contributed by atoms with E-state index in [0.29, 0.717) is 0 Å². The highest BCUT2D eigenvalue weighted by Crippen LogP contribution is 2.33. The summed E-state index contributed by atoms with van der Waals surface area (Å²) in [4.78, 5) is 18.4. The van der Waals surface area contributed by atoms with Crippen molar-refractivity contribution in [1.29, 1.82) is 10.5 Å². The number of anilines is 1. The number of aromatic nitrogens is 2. The quantitative estimate of drug-likeness (QED) is 0.868. The first kappa shape index (κ1) is 14.1. The molecule has 2 aromatic heterocycles. The van der Waals surface area contributed by atoms with Crippen LogP contribution in [0.4, 0.5) is 5.82 Å². The number of ether oxygens (including phenoxy) is 1. The molecule has 0 radical (unpaired) electrons. The van der Waals surface area contributed by atoms with Gasteiger partial charge in [0.2, 0.25) is 5.88 Å². The van der Waals surface area contributed by atoms with Gasteiger partial charge in [0.1, 0.15) is 29.1 Å². The van der Waals surface area contributed by atoms with E-state index >= 15 is 0 Å². The van der Waals surface area contributed by atoms with Gasteiger partial charge in [-0.05, 0) is 19.1 Å². The van der Waals surface area contributed by atoms with Gasteiger partial charge in [-0.15, -0.1) is 0 Å². The van der Waals surface area contributed by atoms with Crippen LogP contribution >= 0.6 is 0 Å². The normalized spacial score (nSPS) is 9.67.